The van der Waals surface area contributed by atoms with Crippen LogP contribution in [0.3, 0.4) is 0 Å². The lowest BCUT2D eigenvalue weighted by Gasteiger charge is -2.49. The molecule has 2 heteroatoms. The summed E-state index contributed by atoms with van der Waals surface area (Å²) in [5, 5.41) is 0.526. The minimum atomic E-state index is -0.104. The molecule has 1 aromatic carbocycles. The zero-order valence-electron chi connectivity index (χ0n) is 15.7. The molecule has 0 atom stereocenters. The van der Waals surface area contributed by atoms with Gasteiger partial charge in [0.25, 0.3) is 0 Å². The van der Waals surface area contributed by atoms with Crippen LogP contribution < -0.4 is 0 Å². The Labute approximate surface area is 137 Å². The molecule has 0 radical (unpaired) electrons. The van der Waals surface area contributed by atoms with Gasteiger partial charge in [0, 0.05) is 11.7 Å². The van der Waals surface area contributed by atoms with Gasteiger partial charge in [-0.1, -0.05) is 71.9 Å². The van der Waals surface area contributed by atoms with Crippen LogP contribution >= 0.6 is 0 Å². The van der Waals surface area contributed by atoms with Crippen LogP contribution in [0.2, 0.25) is 24.3 Å². The summed E-state index contributed by atoms with van der Waals surface area (Å²) in [6, 6.07) is 10.6. The van der Waals surface area contributed by atoms with Crippen molar-refractivity contribution in [3.8, 4) is 0 Å². The Morgan fingerprint density at radius 3 is 1.52 bits per heavy atom. The summed E-state index contributed by atoms with van der Waals surface area (Å²) < 4.78 is 0. The number of hydrogen-bond acceptors (Lipinski definition) is 0. The van der Waals surface area contributed by atoms with Crippen LogP contribution in [-0.4, -0.2) is 18.7 Å². The normalized spacial score (nSPS) is 12.0. The van der Waals surface area contributed by atoms with E-state index in [0.717, 1.165) is 0 Å². The van der Waals surface area contributed by atoms with Crippen LogP contribution in [0.25, 0.3) is 0 Å². The topological polar surface area (TPSA) is 0 Å². The lowest BCUT2D eigenvalue weighted by Crippen LogP contribution is -2.41. The van der Waals surface area contributed by atoms with Crippen molar-refractivity contribution in [3.05, 3.63) is 35.9 Å². The molecule has 0 aliphatic rings. The molecule has 0 unspecified atom stereocenters. The largest absolute Gasteiger partial charge is 0.181 e. The predicted molar refractivity (Wildman–Crippen MR) is 106 cm³/mol. The minimum Gasteiger partial charge on any atom is -0.181 e. The maximum atomic E-state index is 2.39. The van der Waals surface area contributed by atoms with Crippen molar-refractivity contribution >= 4 is 17.0 Å². The Hall–Kier alpha value is -0.365. The SMILES string of the molecule is CC[B-](CC)(CC)C(C)(C)C.C[S+](C)Cc1ccccc1. The maximum absolute atomic E-state index is 2.39. The predicted octanol–water partition coefficient (Wildman–Crippen LogP) is 6.36. The number of benzene rings is 1. The van der Waals surface area contributed by atoms with Crippen molar-refractivity contribution < 1.29 is 0 Å². The molecule has 0 amide bonds. The summed E-state index contributed by atoms with van der Waals surface area (Å²) in [4.78, 5) is 0. The molecule has 0 aliphatic carbocycles. The van der Waals surface area contributed by atoms with E-state index in [0.29, 0.717) is 16.2 Å². The highest BCUT2D eigenvalue weighted by Gasteiger charge is 2.30. The van der Waals surface area contributed by atoms with Gasteiger partial charge in [0.05, 0.1) is 12.5 Å². The van der Waals surface area contributed by atoms with Crippen molar-refractivity contribution in [3.63, 3.8) is 0 Å². The third-order valence-corrected chi connectivity index (χ3v) is 6.39. The van der Waals surface area contributed by atoms with E-state index in [1.165, 1.54) is 30.3 Å². The maximum Gasteiger partial charge on any atom is 0.132 e. The first-order valence-electron chi connectivity index (χ1n) is 8.50. The van der Waals surface area contributed by atoms with E-state index in [-0.39, 0.29) is 6.15 Å². The van der Waals surface area contributed by atoms with E-state index in [2.05, 4.69) is 84.4 Å². The summed E-state index contributed by atoms with van der Waals surface area (Å²) in [6.07, 6.45) is 8.55. The van der Waals surface area contributed by atoms with E-state index >= 15 is 0 Å². The van der Waals surface area contributed by atoms with Crippen LogP contribution in [0.4, 0.5) is 0 Å². The van der Waals surface area contributed by atoms with Gasteiger partial charge in [0.2, 0.25) is 0 Å². The van der Waals surface area contributed by atoms with Gasteiger partial charge in [-0.2, -0.15) is 24.3 Å². The molecule has 0 saturated heterocycles. The smallest absolute Gasteiger partial charge is 0.132 e. The average molecular weight is 308 g/mol. The van der Waals surface area contributed by atoms with Crippen molar-refractivity contribution in [2.24, 2.45) is 0 Å². The Balaban J connectivity index is 0.000000382. The Morgan fingerprint density at radius 2 is 1.29 bits per heavy atom. The highest BCUT2D eigenvalue weighted by atomic mass is 32.2. The third kappa shape index (κ3) is 6.95. The quantitative estimate of drug-likeness (QED) is 0.438. The fraction of sp³-hybridized carbons (Fsp3) is 0.684. The molecule has 0 fully saturated rings. The van der Waals surface area contributed by atoms with Crippen molar-refractivity contribution in [1.82, 2.24) is 0 Å². The zero-order valence-corrected chi connectivity index (χ0v) is 16.5. The van der Waals surface area contributed by atoms with Gasteiger partial charge in [-0.05, 0) is 10.9 Å². The number of rotatable bonds is 5. The van der Waals surface area contributed by atoms with E-state index in [1.807, 2.05) is 0 Å². The van der Waals surface area contributed by atoms with Crippen LogP contribution in [0.5, 0.6) is 0 Å². The van der Waals surface area contributed by atoms with E-state index < -0.39 is 0 Å². The van der Waals surface area contributed by atoms with Crippen molar-refractivity contribution in [1.29, 1.82) is 0 Å². The second-order valence-corrected chi connectivity index (χ2v) is 9.94. The lowest BCUT2D eigenvalue weighted by atomic mass is 9.11. The van der Waals surface area contributed by atoms with Crippen molar-refractivity contribution in [2.45, 2.75) is 71.6 Å². The van der Waals surface area contributed by atoms with Crippen molar-refractivity contribution in [2.75, 3.05) is 12.5 Å². The number of hydrogen-bond donors (Lipinski definition) is 0. The van der Waals surface area contributed by atoms with Gasteiger partial charge < -0.3 is 0 Å². The first-order valence-corrected chi connectivity index (χ1v) is 10.7. The highest BCUT2D eigenvalue weighted by Crippen LogP contribution is 2.43. The molecule has 0 heterocycles. The Morgan fingerprint density at radius 1 is 0.857 bits per heavy atom. The molecule has 0 N–H and O–H groups in total. The molecular formula is C19H37BS. The van der Waals surface area contributed by atoms with Gasteiger partial charge in [-0.3, -0.25) is 0 Å². The Kier molecular flexibility index (Phi) is 9.44. The second kappa shape index (κ2) is 9.61. The van der Waals surface area contributed by atoms with E-state index in [4.69, 9.17) is 0 Å². The van der Waals surface area contributed by atoms with Crippen LogP contribution in [0, 0.1) is 0 Å². The molecule has 0 nitrogen and oxygen atoms in total. The van der Waals surface area contributed by atoms with Gasteiger partial charge in [-0.25, -0.2) is 0 Å². The van der Waals surface area contributed by atoms with Crippen LogP contribution in [0.1, 0.15) is 47.1 Å². The standard InChI is InChI=1S/C10H24B.C9H13S/c1-7-11(8-2,9-3)10(4,5)6;1-10(2)8-9-6-4-3-5-7-9/h7-9H2,1-6H3;3-7H,8H2,1-2H3/q-1;+1. The molecule has 0 bridgehead atoms. The summed E-state index contributed by atoms with van der Waals surface area (Å²) >= 11 is 0. The molecule has 122 valence electrons. The molecule has 0 aromatic heterocycles. The molecular weight excluding hydrogens is 271 g/mol. The molecule has 21 heavy (non-hydrogen) atoms. The fourth-order valence-corrected chi connectivity index (χ4v) is 4.47. The third-order valence-electron chi connectivity index (χ3n) is 5.48. The molecule has 0 aliphatic heterocycles. The summed E-state index contributed by atoms with van der Waals surface area (Å²) in [5.41, 5.74) is 1.45. The summed E-state index contributed by atoms with van der Waals surface area (Å²) in [7, 11) is 0.533. The first-order chi connectivity index (χ1) is 9.72. The van der Waals surface area contributed by atoms with Crippen LogP contribution in [0.15, 0.2) is 30.3 Å². The average Bonchev–Trinajstić information content (AvgIpc) is 2.41. The first kappa shape index (κ1) is 20.6. The molecule has 0 spiro atoms. The zero-order chi connectivity index (χ0) is 16.5. The monoisotopic (exact) mass is 308 g/mol. The fourth-order valence-electron chi connectivity index (χ4n) is 3.61. The van der Waals surface area contributed by atoms with Gasteiger partial charge in [0.1, 0.15) is 5.75 Å². The lowest BCUT2D eigenvalue weighted by molar-refractivity contribution is 0.698. The summed E-state index contributed by atoms with van der Waals surface area (Å²) in [5.74, 6) is 1.22. The van der Waals surface area contributed by atoms with E-state index in [1.54, 1.807) is 0 Å². The molecule has 1 rings (SSSR count). The molecule has 0 saturated carbocycles. The summed E-state index contributed by atoms with van der Waals surface area (Å²) in [6.45, 7) is 14.2. The second-order valence-electron chi connectivity index (χ2n) is 7.68. The minimum absolute atomic E-state index is 0.104. The van der Waals surface area contributed by atoms with Crippen LogP contribution in [-0.2, 0) is 16.6 Å². The van der Waals surface area contributed by atoms with Gasteiger partial charge in [-0.15, -0.1) is 0 Å². The molecule has 1 aromatic rings. The highest BCUT2D eigenvalue weighted by molar-refractivity contribution is 7.94. The van der Waals surface area contributed by atoms with Gasteiger partial charge in [0.15, 0.2) is 0 Å². The Bertz CT molecular complexity index is 353. The van der Waals surface area contributed by atoms with Gasteiger partial charge >= 0.3 is 0 Å². The van der Waals surface area contributed by atoms with E-state index in [9.17, 15) is 0 Å².